The lowest BCUT2D eigenvalue weighted by atomic mass is 9.94. The molecule has 0 saturated heterocycles. The second kappa shape index (κ2) is 14.8. The van der Waals surface area contributed by atoms with E-state index >= 15 is 0 Å². The van der Waals surface area contributed by atoms with Crippen LogP contribution in [-0.4, -0.2) is 19.5 Å². The van der Waals surface area contributed by atoms with Crippen molar-refractivity contribution in [2.45, 2.75) is 0 Å². The maximum Gasteiger partial charge on any atom is 0.348 e. The van der Waals surface area contributed by atoms with Gasteiger partial charge in [-0.2, -0.15) is 0 Å². The van der Waals surface area contributed by atoms with Crippen molar-refractivity contribution in [1.29, 1.82) is 0 Å². The van der Waals surface area contributed by atoms with Crippen LogP contribution < -0.4 is 4.98 Å². The predicted molar refractivity (Wildman–Crippen MR) is 254 cm³/mol. The van der Waals surface area contributed by atoms with Crippen LogP contribution in [0, 0.1) is 6.20 Å². The number of hydrogen-bond donors (Lipinski definition) is 0. The van der Waals surface area contributed by atoms with Gasteiger partial charge in [-0.3, -0.25) is 15.0 Å². The summed E-state index contributed by atoms with van der Waals surface area (Å²) < 4.78 is 4.87. The molecule has 0 aliphatic rings. The lowest BCUT2D eigenvalue weighted by Crippen LogP contribution is -1.98. The van der Waals surface area contributed by atoms with Crippen LogP contribution in [0.4, 0.5) is 0 Å². The van der Waals surface area contributed by atoms with Crippen molar-refractivity contribution >= 4 is 53.3 Å². The van der Waals surface area contributed by atoms with Gasteiger partial charge in [0.1, 0.15) is 0 Å². The SMILES string of the molecule is c1cccc(-c2ccccc2-c2ccc3c(c2)c2cc(-c4ccccc4-c4ccccn4)ccc2n3-c2ccc3sc4cc(-c5ccccn5)c(-c5ccccn5)cc4c3c2)[n+]#1. The van der Waals surface area contributed by atoms with Gasteiger partial charge in [0.15, 0.2) is 0 Å². The van der Waals surface area contributed by atoms with E-state index in [1.807, 2.05) is 84.5 Å². The monoisotopic (exact) mass is 808 g/mol. The van der Waals surface area contributed by atoms with Gasteiger partial charge in [0.25, 0.3) is 0 Å². The maximum atomic E-state index is 4.80. The summed E-state index contributed by atoms with van der Waals surface area (Å²) in [5, 5.41) is 4.75. The van der Waals surface area contributed by atoms with Gasteiger partial charge in [-0.1, -0.05) is 72.8 Å². The topological polar surface area (TPSA) is 57.7 Å². The fraction of sp³-hybridized carbons (Fsp3) is 0. The zero-order chi connectivity index (χ0) is 41.0. The fourth-order valence-electron chi connectivity index (χ4n) is 8.97. The van der Waals surface area contributed by atoms with Gasteiger partial charge in [0.2, 0.25) is 0 Å². The molecule has 0 aliphatic heterocycles. The summed E-state index contributed by atoms with van der Waals surface area (Å²) in [7, 11) is 0. The third-order valence-corrected chi connectivity index (χ3v) is 12.9. The van der Waals surface area contributed by atoms with Crippen molar-refractivity contribution in [1.82, 2.24) is 19.5 Å². The van der Waals surface area contributed by atoms with Gasteiger partial charge < -0.3 is 4.57 Å². The molecule has 0 aliphatic carbocycles. The summed E-state index contributed by atoms with van der Waals surface area (Å²) in [5.74, 6) is 0. The first-order valence-corrected chi connectivity index (χ1v) is 21.4. The first-order valence-electron chi connectivity index (χ1n) is 20.6. The van der Waals surface area contributed by atoms with E-state index in [2.05, 4.69) is 149 Å². The normalized spacial score (nSPS) is 11.4. The molecule has 0 spiro atoms. The van der Waals surface area contributed by atoms with Gasteiger partial charge in [-0.15, -0.1) is 11.3 Å². The predicted octanol–water partition coefficient (Wildman–Crippen LogP) is 13.7. The Labute approximate surface area is 361 Å². The number of pyridine rings is 3. The first-order chi connectivity index (χ1) is 30.7. The van der Waals surface area contributed by atoms with Crippen molar-refractivity contribution < 1.29 is 4.98 Å². The second-order valence-electron chi connectivity index (χ2n) is 15.4. The molecule has 5 nitrogen and oxygen atoms in total. The Morgan fingerprint density at radius 3 is 1.55 bits per heavy atom. The third kappa shape index (κ3) is 6.03. The molecule has 0 amide bonds. The van der Waals surface area contributed by atoms with Crippen molar-refractivity contribution in [2.75, 3.05) is 0 Å². The van der Waals surface area contributed by atoms with Crippen molar-refractivity contribution in [3.63, 3.8) is 0 Å². The number of thiophene rings is 1. The Kier molecular flexibility index (Phi) is 8.51. The number of benzene rings is 6. The van der Waals surface area contributed by atoms with E-state index in [1.54, 1.807) is 0 Å². The Morgan fingerprint density at radius 1 is 0.403 bits per heavy atom. The third-order valence-electron chi connectivity index (χ3n) is 11.8. The molecule has 12 rings (SSSR count). The van der Waals surface area contributed by atoms with Crippen LogP contribution in [-0.2, 0) is 0 Å². The molecular formula is C56H34N5S+. The molecule has 288 valence electrons. The number of nitrogens with zero attached hydrogens (tertiary/aromatic N) is 5. The summed E-state index contributed by atoms with van der Waals surface area (Å²) in [6, 6.07) is 66.5. The highest BCUT2D eigenvalue weighted by Crippen LogP contribution is 2.44. The summed E-state index contributed by atoms with van der Waals surface area (Å²) >= 11 is 1.82. The minimum atomic E-state index is 0.897. The number of rotatable bonds is 7. The number of fused-ring (bicyclic) bond motifs is 6. The van der Waals surface area contributed by atoms with Crippen LogP contribution in [0.25, 0.3) is 115 Å². The molecule has 0 atom stereocenters. The average Bonchev–Trinajstić information content (AvgIpc) is 3.88. The largest absolute Gasteiger partial charge is 0.348 e. The van der Waals surface area contributed by atoms with Crippen molar-refractivity contribution in [2.24, 2.45) is 0 Å². The molecule has 0 unspecified atom stereocenters. The van der Waals surface area contributed by atoms with Crippen LogP contribution in [0.5, 0.6) is 0 Å². The molecule has 12 aromatic rings. The summed E-state index contributed by atoms with van der Waals surface area (Å²) in [5.41, 5.74) is 15.9. The van der Waals surface area contributed by atoms with E-state index in [0.717, 1.165) is 84.0 Å². The molecule has 6 heterocycles. The molecule has 62 heavy (non-hydrogen) atoms. The molecule has 0 N–H and O–H groups in total. The van der Waals surface area contributed by atoms with E-state index in [9.17, 15) is 0 Å². The lowest BCUT2D eigenvalue weighted by Gasteiger charge is -2.11. The highest BCUT2D eigenvalue weighted by atomic mass is 32.1. The second-order valence-corrected chi connectivity index (χ2v) is 16.4. The standard InChI is InChI=1S/C56H34N5S/c1-3-15-41(49-17-5-9-27-57-49)39(13-1)36-21-24-53-45(31-36)46-32-37(40-14-2-4-16-42(40)50-18-6-10-28-58-50)22-25-54(46)61(53)38-23-26-55-47(33-38)48-34-43(51-19-7-11-29-59-51)44(35-56(48)62-55)52-20-8-12-30-60-52/h1-27,29-35H/q+1. The molecular weight excluding hydrogens is 775 g/mol. The van der Waals surface area contributed by atoms with Gasteiger partial charge in [-0.05, 0) is 130 Å². The van der Waals surface area contributed by atoms with E-state index in [0.29, 0.717) is 0 Å². The Morgan fingerprint density at radius 2 is 0.952 bits per heavy atom. The lowest BCUT2D eigenvalue weighted by molar-refractivity contribution is -0.280. The molecule has 0 saturated carbocycles. The molecule has 0 fully saturated rings. The van der Waals surface area contributed by atoms with Gasteiger partial charge in [-0.25, -0.2) is 0 Å². The van der Waals surface area contributed by atoms with Gasteiger partial charge >= 0.3 is 11.9 Å². The van der Waals surface area contributed by atoms with Crippen LogP contribution in [0.15, 0.2) is 207 Å². The van der Waals surface area contributed by atoms with E-state index in [-0.39, 0.29) is 0 Å². The van der Waals surface area contributed by atoms with Crippen LogP contribution in [0.1, 0.15) is 0 Å². The minimum absolute atomic E-state index is 0.897. The smallest absolute Gasteiger partial charge is 0.309 e. The summed E-state index contributed by atoms with van der Waals surface area (Å²) in [6.45, 7) is 0. The summed E-state index contributed by atoms with van der Waals surface area (Å²) in [6.07, 6.45) is 8.60. The maximum absolute atomic E-state index is 4.80. The highest BCUT2D eigenvalue weighted by Gasteiger charge is 2.21. The Bertz CT molecular complexity index is 3480. The Hall–Kier alpha value is -8.24. The number of aromatic nitrogens is 5. The zero-order valence-corrected chi connectivity index (χ0v) is 34.1. The average molecular weight is 809 g/mol. The summed E-state index contributed by atoms with van der Waals surface area (Å²) in [4.78, 5) is 18.9. The highest BCUT2D eigenvalue weighted by molar-refractivity contribution is 7.25. The molecule has 6 aromatic heterocycles. The first kappa shape index (κ1) is 35.7. The van der Waals surface area contributed by atoms with Crippen LogP contribution in [0.3, 0.4) is 0 Å². The molecule has 0 radical (unpaired) electrons. The van der Waals surface area contributed by atoms with Crippen LogP contribution in [0.2, 0.25) is 0 Å². The van der Waals surface area contributed by atoms with Gasteiger partial charge in [0.05, 0.1) is 39.7 Å². The van der Waals surface area contributed by atoms with Crippen molar-refractivity contribution in [3.8, 4) is 73.0 Å². The van der Waals surface area contributed by atoms with E-state index in [1.165, 1.54) is 30.9 Å². The molecule has 0 bridgehead atoms. The van der Waals surface area contributed by atoms with Gasteiger partial charge in [0, 0.05) is 78.0 Å². The zero-order valence-electron chi connectivity index (χ0n) is 33.3. The van der Waals surface area contributed by atoms with Crippen LogP contribution >= 0.6 is 11.3 Å². The molecule has 6 aromatic carbocycles. The minimum Gasteiger partial charge on any atom is -0.309 e. The Balaban J connectivity index is 1.09. The quantitative estimate of drug-likeness (QED) is 0.161. The van der Waals surface area contributed by atoms with E-state index in [4.69, 9.17) is 15.0 Å². The fourth-order valence-corrected chi connectivity index (χ4v) is 10.1. The molecule has 6 heteroatoms. The van der Waals surface area contributed by atoms with Crippen molar-refractivity contribution in [3.05, 3.63) is 213 Å². The number of hydrogen-bond acceptors (Lipinski definition) is 4. The van der Waals surface area contributed by atoms with E-state index < -0.39 is 0 Å².